The molecule has 0 bridgehead atoms. The Bertz CT molecular complexity index is 935. The number of carbonyl (C=O) groups excluding carboxylic acids is 4. The zero-order chi connectivity index (χ0) is 31.1. The number of hydrogen-bond acceptors (Lipinski definition) is 10. The lowest BCUT2D eigenvalue weighted by molar-refractivity contribution is -0.145. The molecule has 0 saturated heterocycles. The van der Waals surface area contributed by atoms with Gasteiger partial charge in [0.05, 0.1) is 6.54 Å². The predicted octanol–water partition coefficient (Wildman–Crippen LogP) is 4.40. The molecule has 0 aliphatic heterocycles. The van der Waals surface area contributed by atoms with Crippen LogP contribution < -0.4 is 10.8 Å². The molecule has 4 N–H and O–H groups in total. The van der Waals surface area contributed by atoms with E-state index >= 15 is 0 Å². The van der Waals surface area contributed by atoms with Crippen LogP contribution in [0.4, 0.5) is 4.79 Å². The molecule has 0 aliphatic rings. The maximum absolute atomic E-state index is 11.8. The number of nitrogens with one attached hydrogen (secondary N) is 2. The Labute approximate surface area is 248 Å². The topological polar surface area (TPSA) is 160 Å². The van der Waals surface area contributed by atoms with Gasteiger partial charge in [0.15, 0.2) is 6.29 Å². The van der Waals surface area contributed by atoms with Crippen LogP contribution in [-0.4, -0.2) is 60.2 Å². The molecule has 0 unspecified atom stereocenters. The first-order chi connectivity index (χ1) is 20.3. The molecule has 0 saturated carbocycles. The summed E-state index contributed by atoms with van der Waals surface area (Å²) in [6.07, 6.45) is 27.1. The normalized spacial score (nSPS) is 12.1. The first-order valence-corrected chi connectivity index (χ1v) is 14.2. The highest BCUT2D eigenvalue weighted by Crippen LogP contribution is 2.01. The monoisotopic (exact) mass is 590 g/mol. The second-order valence-corrected chi connectivity index (χ2v) is 8.73. The molecule has 0 aromatic heterocycles. The molecule has 11 nitrogen and oxygen atoms in total. The number of aliphatic hydroxyl groups excluding tert-OH is 1. The van der Waals surface area contributed by atoms with Crippen molar-refractivity contribution in [1.82, 2.24) is 10.8 Å². The molecule has 0 rings (SSSR count). The van der Waals surface area contributed by atoms with E-state index in [1.54, 1.807) is 0 Å². The third-order valence-corrected chi connectivity index (χ3v) is 5.01. The van der Waals surface area contributed by atoms with E-state index in [0.717, 1.165) is 44.6 Å². The summed E-state index contributed by atoms with van der Waals surface area (Å²) in [5, 5.41) is 19.6. The van der Waals surface area contributed by atoms with Gasteiger partial charge >= 0.3 is 24.0 Å². The van der Waals surface area contributed by atoms with Gasteiger partial charge in [0.2, 0.25) is 0 Å². The van der Waals surface area contributed by atoms with Gasteiger partial charge in [-0.05, 0) is 57.8 Å². The third-order valence-electron chi connectivity index (χ3n) is 5.01. The number of hydroxylamine groups is 1. The largest absolute Gasteiger partial charge is 0.464 e. The average molecular weight is 591 g/mol. The quantitative estimate of drug-likeness (QED) is 0.0196. The second kappa shape index (κ2) is 28.7. The number of esters is 2. The zero-order valence-electron chi connectivity index (χ0n) is 24.5. The molecule has 0 radical (unpaired) electrons. The van der Waals surface area contributed by atoms with E-state index in [2.05, 4.69) is 82.0 Å². The first-order valence-electron chi connectivity index (χ1n) is 14.2. The van der Waals surface area contributed by atoms with E-state index in [0.29, 0.717) is 18.9 Å². The van der Waals surface area contributed by atoms with Crippen LogP contribution in [0.15, 0.2) is 72.9 Å². The molecule has 0 spiro atoms. The molecule has 234 valence electrons. The Balaban J connectivity index is 3.74. The molecule has 1 amide bonds. The van der Waals surface area contributed by atoms with Crippen molar-refractivity contribution in [3.63, 3.8) is 0 Å². The Morgan fingerprint density at radius 2 is 1.31 bits per heavy atom. The zero-order valence-corrected chi connectivity index (χ0v) is 24.5. The van der Waals surface area contributed by atoms with Crippen LogP contribution in [0.25, 0.3) is 0 Å². The van der Waals surface area contributed by atoms with Gasteiger partial charge in [0, 0.05) is 25.1 Å². The van der Waals surface area contributed by atoms with Gasteiger partial charge in [-0.3, -0.25) is 4.79 Å². The molecule has 11 heteroatoms. The number of hydrogen-bond donors (Lipinski definition) is 4. The number of allylic oxidation sites excluding steroid dienone is 10. The van der Waals surface area contributed by atoms with E-state index in [9.17, 15) is 19.2 Å². The van der Waals surface area contributed by atoms with Crippen LogP contribution in [0.1, 0.15) is 71.1 Å². The molecule has 0 aromatic rings. The lowest BCUT2D eigenvalue weighted by atomic mass is 10.2. The summed E-state index contributed by atoms with van der Waals surface area (Å²) in [4.78, 5) is 50.8. The van der Waals surface area contributed by atoms with Crippen LogP contribution in [0.3, 0.4) is 0 Å². The van der Waals surface area contributed by atoms with Crippen LogP contribution in [-0.2, 0) is 28.7 Å². The van der Waals surface area contributed by atoms with Crippen molar-refractivity contribution in [1.29, 1.82) is 0 Å². The molecular formula is C31H46N2O9. The van der Waals surface area contributed by atoms with Crippen LogP contribution in [0, 0.1) is 0 Å². The maximum Gasteiger partial charge on any atom is 0.415 e. The number of amides is 1. The van der Waals surface area contributed by atoms with Gasteiger partial charge < -0.3 is 29.8 Å². The standard InChI is InChI=1S/C31H46N2O9/c1-2-3-4-5-6-7-8-9-10-11-12-13-14-15-16-17-18-21-28(36)40-26-25-32-31(39)41-29(37)22-23-30(38)42-33-24-19-20-27(34)35/h3-4,6-7,9-10,12-13,15-16,22-23,27,33-35H,2,5,8,11,14,17-21,24-26H2,1H3,(H,32,39)/b4-3-,7-6-,10-9-,13-12-,16-15-,23-22+. The third kappa shape index (κ3) is 29.2. The van der Waals surface area contributed by atoms with Gasteiger partial charge in [-0.1, -0.05) is 67.7 Å². The first kappa shape index (κ1) is 38.2. The molecule has 0 fully saturated rings. The SMILES string of the molecule is CC/C=C\C/C=C\C/C=C\C/C=C\C/C=C\CCCC(=O)OCCNC(=O)OC(=O)/C=C/C(=O)ONCCCC(O)O. The summed E-state index contributed by atoms with van der Waals surface area (Å²) in [7, 11) is 0. The molecule has 0 aromatic carbocycles. The minimum atomic E-state index is -1.44. The van der Waals surface area contributed by atoms with Crippen molar-refractivity contribution in [2.45, 2.75) is 77.4 Å². The Morgan fingerprint density at radius 3 is 1.90 bits per heavy atom. The highest BCUT2D eigenvalue weighted by atomic mass is 16.7. The number of ether oxygens (including phenoxy) is 2. The van der Waals surface area contributed by atoms with Crippen molar-refractivity contribution >= 4 is 24.0 Å². The maximum atomic E-state index is 11.8. The van der Waals surface area contributed by atoms with Gasteiger partial charge in [0.25, 0.3) is 0 Å². The molecule has 0 heterocycles. The summed E-state index contributed by atoms with van der Waals surface area (Å²) >= 11 is 0. The van der Waals surface area contributed by atoms with E-state index in [1.807, 2.05) is 6.08 Å². The van der Waals surface area contributed by atoms with Gasteiger partial charge in [-0.15, -0.1) is 0 Å². The fourth-order valence-corrected chi connectivity index (χ4v) is 2.93. The van der Waals surface area contributed by atoms with Crippen molar-refractivity contribution in [3.05, 3.63) is 72.9 Å². The number of rotatable bonds is 23. The van der Waals surface area contributed by atoms with Crippen LogP contribution >= 0.6 is 0 Å². The van der Waals surface area contributed by atoms with Crippen molar-refractivity contribution < 1.29 is 43.7 Å². The second-order valence-electron chi connectivity index (χ2n) is 8.73. The van der Waals surface area contributed by atoms with E-state index < -0.39 is 30.3 Å². The molecule has 0 atom stereocenters. The summed E-state index contributed by atoms with van der Waals surface area (Å²) in [6, 6.07) is 0. The summed E-state index contributed by atoms with van der Waals surface area (Å²) < 4.78 is 9.44. The number of unbranched alkanes of at least 4 members (excludes halogenated alkanes) is 1. The Hall–Kier alpha value is -3.80. The smallest absolute Gasteiger partial charge is 0.415 e. The summed E-state index contributed by atoms with van der Waals surface area (Å²) in [5.74, 6) is -2.40. The molecule has 0 aliphatic carbocycles. The van der Waals surface area contributed by atoms with Gasteiger partial charge in [-0.2, -0.15) is 5.48 Å². The fourth-order valence-electron chi connectivity index (χ4n) is 2.93. The van der Waals surface area contributed by atoms with Gasteiger partial charge in [-0.25, -0.2) is 14.4 Å². The fraction of sp³-hybridized carbons (Fsp3) is 0.484. The van der Waals surface area contributed by atoms with E-state index in [1.165, 1.54) is 0 Å². The highest BCUT2D eigenvalue weighted by Gasteiger charge is 2.09. The minimum Gasteiger partial charge on any atom is -0.464 e. The number of aliphatic hydroxyl groups is 2. The van der Waals surface area contributed by atoms with Crippen molar-refractivity contribution in [2.24, 2.45) is 0 Å². The van der Waals surface area contributed by atoms with Crippen LogP contribution in [0.5, 0.6) is 0 Å². The van der Waals surface area contributed by atoms with E-state index in [4.69, 9.17) is 14.9 Å². The summed E-state index contributed by atoms with van der Waals surface area (Å²) in [6.45, 7) is 2.18. The van der Waals surface area contributed by atoms with Crippen LogP contribution in [0.2, 0.25) is 0 Å². The lowest BCUT2D eigenvalue weighted by Gasteiger charge is -2.06. The average Bonchev–Trinajstić information content (AvgIpc) is 2.95. The molecule has 42 heavy (non-hydrogen) atoms. The Morgan fingerprint density at radius 1 is 0.738 bits per heavy atom. The predicted molar refractivity (Wildman–Crippen MR) is 159 cm³/mol. The summed E-state index contributed by atoms with van der Waals surface area (Å²) in [5.41, 5.74) is 2.28. The number of alkyl carbamates (subject to hydrolysis) is 1. The molecular weight excluding hydrogens is 544 g/mol. The van der Waals surface area contributed by atoms with Gasteiger partial charge in [0.1, 0.15) is 6.61 Å². The number of carbonyl (C=O) groups is 4. The lowest BCUT2D eigenvalue weighted by Crippen LogP contribution is -2.30. The van der Waals surface area contributed by atoms with Crippen molar-refractivity contribution in [2.75, 3.05) is 19.7 Å². The minimum absolute atomic E-state index is 0.0508. The highest BCUT2D eigenvalue weighted by molar-refractivity contribution is 5.96. The Kier molecular flexibility index (Phi) is 26.1. The van der Waals surface area contributed by atoms with Crippen molar-refractivity contribution in [3.8, 4) is 0 Å². The van der Waals surface area contributed by atoms with E-state index in [-0.39, 0.29) is 32.5 Å².